The molecule has 3 aromatic rings. The summed E-state index contributed by atoms with van der Waals surface area (Å²) in [5, 5.41) is 19.5. The number of carboxylic acid groups (broad SMARTS) is 1. The van der Waals surface area contributed by atoms with Crippen molar-refractivity contribution in [3.63, 3.8) is 0 Å². The summed E-state index contributed by atoms with van der Waals surface area (Å²) >= 11 is 0. The second-order valence-electron chi connectivity index (χ2n) is 5.71. The Balaban J connectivity index is 2.07. The molecule has 0 saturated carbocycles. The maximum absolute atomic E-state index is 12.6. The van der Waals surface area contributed by atoms with Crippen molar-refractivity contribution in [1.82, 2.24) is 9.78 Å². The fraction of sp³-hybridized carbons (Fsp3) is 0.0588. The van der Waals surface area contributed by atoms with E-state index in [2.05, 4.69) is 20.0 Å². The number of aromatic amines is 1. The van der Waals surface area contributed by atoms with Crippen LogP contribution in [0.1, 0.15) is 10.5 Å². The summed E-state index contributed by atoms with van der Waals surface area (Å²) in [6.07, 6.45) is 0.980. The lowest BCUT2D eigenvalue weighted by Gasteiger charge is -2.05. The number of rotatable bonds is 6. The highest BCUT2D eigenvalue weighted by Gasteiger charge is 2.20. The molecular weight excluding hydrogens is 386 g/mol. The van der Waals surface area contributed by atoms with Gasteiger partial charge in [0.2, 0.25) is 10.0 Å². The highest BCUT2D eigenvalue weighted by molar-refractivity contribution is 7.92. The van der Waals surface area contributed by atoms with Crippen molar-refractivity contribution in [2.24, 2.45) is 10.2 Å². The summed E-state index contributed by atoms with van der Waals surface area (Å²) in [6.45, 7) is 0. The van der Waals surface area contributed by atoms with Gasteiger partial charge in [-0.15, -0.1) is 10.2 Å². The molecule has 0 fully saturated rings. The van der Waals surface area contributed by atoms with Crippen molar-refractivity contribution in [3.8, 4) is 5.69 Å². The Morgan fingerprint density at radius 1 is 1.07 bits per heavy atom. The van der Waals surface area contributed by atoms with Crippen molar-refractivity contribution in [1.29, 1.82) is 0 Å². The number of carboxylic acids is 1. The van der Waals surface area contributed by atoms with Crippen LogP contribution in [0.4, 0.5) is 17.1 Å². The molecule has 0 saturated heterocycles. The van der Waals surface area contributed by atoms with E-state index in [1.54, 1.807) is 42.5 Å². The number of H-pyrrole nitrogens is 1. The molecule has 1 aromatic heterocycles. The highest BCUT2D eigenvalue weighted by atomic mass is 32.2. The van der Waals surface area contributed by atoms with Crippen LogP contribution in [0, 0.1) is 0 Å². The summed E-state index contributed by atoms with van der Waals surface area (Å²) in [6, 6.07) is 14.5. The summed E-state index contributed by atoms with van der Waals surface area (Å²) in [7, 11) is -3.56. The molecule has 0 aliphatic carbocycles. The molecule has 3 rings (SSSR count). The third kappa shape index (κ3) is 4.15. The monoisotopic (exact) mass is 401 g/mol. The van der Waals surface area contributed by atoms with Crippen molar-refractivity contribution in [3.05, 3.63) is 70.6 Å². The summed E-state index contributed by atoms with van der Waals surface area (Å²) < 4.78 is 26.3. The normalized spacial score (nSPS) is 11.6. The Labute approximate surface area is 159 Å². The Morgan fingerprint density at radius 2 is 1.71 bits per heavy atom. The molecule has 11 heteroatoms. The number of nitrogens with zero attached hydrogens (tertiary/aromatic N) is 3. The molecule has 0 radical (unpaired) electrons. The number of hydrogen-bond acceptors (Lipinski definition) is 6. The van der Waals surface area contributed by atoms with Crippen molar-refractivity contribution >= 4 is 33.1 Å². The lowest BCUT2D eigenvalue weighted by molar-refractivity contribution is 0.0691. The number of anilines is 1. The molecule has 0 bridgehead atoms. The molecule has 0 unspecified atom stereocenters. The molecule has 0 atom stereocenters. The zero-order valence-electron chi connectivity index (χ0n) is 14.5. The maximum atomic E-state index is 12.6. The Bertz CT molecular complexity index is 1210. The van der Waals surface area contributed by atoms with Crippen molar-refractivity contribution in [2.45, 2.75) is 0 Å². The van der Waals surface area contributed by atoms with E-state index in [0.717, 1.165) is 10.9 Å². The van der Waals surface area contributed by atoms with E-state index in [1.165, 1.54) is 12.1 Å². The molecular formula is C17H15N5O5S. The third-order valence-electron chi connectivity index (χ3n) is 3.55. The second-order valence-corrected chi connectivity index (χ2v) is 7.46. The lowest BCUT2D eigenvalue weighted by Crippen LogP contribution is -2.13. The van der Waals surface area contributed by atoms with E-state index in [4.69, 9.17) is 0 Å². The number of nitrogens with one attached hydrogen (secondary N) is 2. The van der Waals surface area contributed by atoms with E-state index in [9.17, 15) is 23.1 Å². The number of hydrogen-bond donors (Lipinski definition) is 3. The van der Waals surface area contributed by atoms with Crippen LogP contribution >= 0.6 is 0 Å². The van der Waals surface area contributed by atoms with Crippen LogP contribution in [0.25, 0.3) is 5.69 Å². The van der Waals surface area contributed by atoms with Crippen LogP contribution in [-0.4, -0.2) is 35.5 Å². The van der Waals surface area contributed by atoms with Gasteiger partial charge in [0, 0.05) is 0 Å². The van der Waals surface area contributed by atoms with Crippen LogP contribution in [0.3, 0.4) is 0 Å². The predicted molar refractivity (Wildman–Crippen MR) is 102 cm³/mol. The molecule has 10 nitrogen and oxygen atoms in total. The van der Waals surface area contributed by atoms with Gasteiger partial charge in [-0.1, -0.05) is 30.3 Å². The fourth-order valence-corrected chi connectivity index (χ4v) is 2.95. The number of aromatic carboxylic acids is 1. The number of aromatic nitrogens is 2. The first-order chi connectivity index (χ1) is 13.3. The first-order valence-corrected chi connectivity index (χ1v) is 9.78. The molecule has 3 N–H and O–H groups in total. The van der Waals surface area contributed by atoms with Gasteiger partial charge in [0.1, 0.15) is 5.69 Å². The lowest BCUT2D eigenvalue weighted by atomic mass is 10.3. The van der Waals surface area contributed by atoms with Gasteiger partial charge < -0.3 is 5.11 Å². The first kappa shape index (κ1) is 19.0. The predicted octanol–water partition coefficient (Wildman–Crippen LogP) is 2.65. The molecule has 0 spiro atoms. The van der Waals surface area contributed by atoms with Crippen LogP contribution in [0.15, 0.2) is 69.6 Å². The molecule has 28 heavy (non-hydrogen) atoms. The van der Waals surface area contributed by atoms with Crippen LogP contribution in [0.5, 0.6) is 0 Å². The van der Waals surface area contributed by atoms with E-state index < -0.39 is 32.9 Å². The van der Waals surface area contributed by atoms with Crippen LogP contribution in [0.2, 0.25) is 0 Å². The van der Waals surface area contributed by atoms with Gasteiger partial charge in [0.25, 0.3) is 5.56 Å². The van der Waals surface area contributed by atoms with Gasteiger partial charge in [-0.05, 0) is 24.3 Å². The standard InChI is InChI=1S/C17H15N5O5S/c1-28(26,27)21-13-10-6-5-9-12(13)18-19-14-15(17(24)25)20-22(16(14)23)11-7-3-2-4-8-11/h2-10,20-21H,1H3,(H,24,25). The zero-order chi connectivity index (χ0) is 20.3. The number of azo groups is 1. The average Bonchev–Trinajstić information content (AvgIpc) is 2.97. The molecule has 1 heterocycles. The zero-order valence-corrected chi connectivity index (χ0v) is 15.3. The summed E-state index contributed by atoms with van der Waals surface area (Å²) in [4.78, 5) is 24.1. The van der Waals surface area contributed by atoms with Crippen molar-refractivity contribution in [2.75, 3.05) is 11.0 Å². The van der Waals surface area contributed by atoms with Gasteiger partial charge in [-0.3, -0.25) is 14.6 Å². The molecule has 0 aliphatic rings. The second kappa shape index (κ2) is 7.48. The molecule has 0 amide bonds. The highest BCUT2D eigenvalue weighted by Crippen LogP contribution is 2.27. The SMILES string of the molecule is CS(=O)(=O)Nc1ccccc1N=Nc1c(C(=O)O)[nH]n(-c2ccccc2)c1=O. The van der Waals surface area contributed by atoms with Gasteiger partial charge >= 0.3 is 5.97 Å². The number of sulfonamides is 1. The van der Waals surface area contributed by atoms with Gasteiger partial charge in [0.15, 0.2) is 11.4 Å². The Kier molecular flexibility index (Phi) is 5.09. The number of carbonyl (C=O) groups is 1. The van der Waals surface area contributed by atoms with Crippen LogP contribution < -0.4 is 10.3 Å². The van der Waals surface area contributed by atoms with E-state index >= 15 is 0 Å². The van der Waals surface area contributed by atoms with Crippen LogP contribution in [-0.2, 0) is 10.0 Å². The minimum atomic E-state index is -3.56. The quantitative estimate of drug-likeness (QED) is 0.544. The van der Waals surface area contributed by atoms with E-state index in [-0.39, 0.29) is 11.4 Å². The van der Waals surface area contributed by atoms with Crippen molar-refractivity contribution < 1.29 is 18.3 Å². The summed E-state index contributed by atoms with van der Waals surface area (Å²) in [5.74, 6) is -1.39. The fourth-order valence-electron chi connectivity index (χ4n) is 2.38. The van der Waals surface area contributed by atoms with E-state index in [1.807, 2.05) is 0 Å². The maximum Gasteiger partial charge on any atom is 0.356 e. The largest absolute Gasteiger partial charge is 0.476 e. The smallest absolute Gasteiger partial charge is 0.356 e. The third-order valence-corrected chi connectivity index (χ3v) is 4.14. The summed E-state index contributed by atoms with van der Waals surface area (Å²) in [5.41, 5.74) is -0.867. The van der Waals surface area contributed by atoms with E-state index in [0.29, 0.717) is 5.69 Å². The van der Waals surface area contributed by atoms with Gasteiger partial charge in [0.05, 0.1) is 17.6 Å². The first-order valence-electron chi connectivity index (χ1n) is 7.88. The molecule has 144 valence electrons. The number of benzene rings is 2. The topological polar surface area (TPSA) is 146 Å². The minimum Gasteiger partial charge on any atom is -0.476 e. The molecule has 2 aromatic carbocycles. The number of para-hydroxylation sites is 2. The van der Waals surface area contributed by atoms with Gasteiger partial charge in [-0.2, -0.15) is 0 Å². The Hall–Kier alpha value is -3.73. The minimum absolute atomic E-state index is 0.121. The molecule has 0 aliphatic heterocycles. The Morgan fingerprint density at radius 3 is 2.36 bits per heavy atom. The van der Waals surface area contributed by atoms with Gasteiger partial charge in [-0.25, -0.2) is 17.9 Å². The average molecular weight is 401 g/mol.